The van der Waals surface area contributed by atoms with Crippen molar-refractivity contribution in [3.63, 3.8) is 0 Å². The van der Waals surface area contributed by atoms with Crippen molar-refractivity contribution >= 4 is 11.9 Å². The van der Waals surface area contributed by atoms with Gasteiger partial charge < -0.3 is 15.1 Å². The highest BCUT2D eigenvalue weighted by Crippen LogP contribution is 2.23. The predicted molar refractivity (Wildman–Crippen MR) is 73.8 cm³/mol. The van der Waals surface area contributed by atoms with Crippen molar-refractivity contribution in [2.75, 3.05) is 6.54 Å². The topological polar surface area (TPSA) is 77.8 Å². The zero-order valence-corrected chi connectivity index (χ0v) is 11.5. The SMILES string of the molecule is Cc1ccc(C(=O)N2CCCCCC2C(=O)O)cc1O. The number of aliphatic carboxylic acids is 1. The van der Waals surface area contributed by atoms with Crippen LogP contribution in [0.4, 0.5) is 0 Å². The molecule has 1 aliphatic rings. The summed E-state index contributed by atoms with van der Waals surface area (Å²) in [6, 6.07) is 3.92. The number of amides is 1. The molecule has 0 aliphatic carbocycles. The van der Waals surface area contributed by atoms with E-state index >= 15 is 0 Å². The van der Waals surface area contributed by atoms with Crippen LogP contribution in [0, 0.1) is 6.92 Å². The Morgan fingerprint density at radius 2 is 2.00 bits per heavy atom. The highest BCUT2D eigenvalue weighted by Gasteiger charge is 2.31. The number of benzene rings is 1. The fraction of sp³-hybridized carbons (Fsp3) is 0.467. The number of carbonyl (C=O) groups excluding carboxylic acids is 1. The van der Waals surface area contributed by atoms with Crippen molar-refractivity contribution in [1.29, 1.82) is 0 Å². The normalized spacial score (nSPS) is 19.4. The lowest BCUT2D eigenvalue weighted by molar-refractivity contribution is -0.142. The molecule has 5 nitrogen and oxygen atoms in total. The van der Waals surface area contributed by atoms with Crippen molar-refractivity contribution in [3.8, 4) is 5.75 Å². The van der Waals surface area contributed by atoms with Crippen LogP contribution in [-0.2, 0) is 4.79 Å². The lowest BCUT2D eigenvalue weighted by atomic mass is 10.1. The molecule has 0 saturated carbocycles. The molecule has 1 fully saturated rings. The summed E-state index contributed by atoms with van der Waals surface area (Å²) in [7, 11) is 0. The third-order valence-corrected chi connectivity index (χ3v) is 3.75. The van der Waals surface area contributed by atoms with E-state index in [0.29, 0.717) is 24.1 Å². The number of carboxylic acid groups (broad SMARTS) is 1. The maximum absolute atomic E-state index is 12.5. The van der Waals surface area contributed by atoms with E-state index in [0.717, 1.165) is 19.3 Å². The van der Waals surface area contributed by atoms with E-state index in [-0.39, 0.29) is 11.7 Å². The summed E-state index contributed by atoms with van der Waals surface area (Å²) in [4.78, 5) is 25.2. The van der Waals surface area contributed by atoms with E-state index in [4.69, 9.17) is 0 Å². The molecule has 0 radical (unpaired) electrons. The average molecular weight is 277 g/mol. The smallest absolute Gasteiger partial charge is 0.326 e. The standard InChI is InChI=1S/C15H19NO4/c1-10-6-7-11(9-13(10)17)14(18)16-8-4-2-3-5-12(16)15(19)20/h6-7,9,12,17H,2-5,8H2,1H3,(H,19,20). The zero-order valence-electron chi connectivity index (χ0n) is 11.5. The van der Waals surface area contributed by atoms with Gasteiger partial charge in [-0.3, -0.25) is 4.79 Å². The fourth-order valence-corrected chi connectivity index (χ4v) is 2.52. The van der Waals surface area contributed by atoms with Gasteiger partial charge in [-0.1, -0.05) is 18.9 Å². The number of rotatable bonds is 2. The second-order valence-corrected chi connectivity index (χ2v) is 5.20. The molecule has 0 spiro atoms. The second kappa shape index (κ2) is 5.94. The van der Waals surface area contributed by atoms with Crippen molar-refractivity contribution < 1.29 is 19.8 Å². The summed E-state index contributed by atoms with van der Waals surface area (Å²) in [6.07, 6.45) is 3.05. The van der Waals surface area contributed by atoms with Gasteiger partial charge in [0.25, 0.3) is 5.91 Å². The number of hydrogen-bond acceptors (Lipinski definition) is 3. The van der Waals surface area contributed by atoms with Gasteiger partial charge in [0.2, 0.25) is 0 Å². The Labute approximate surface area is 117 Å². The van der Waals surface area contributed by atoms with Gasteiger partial charge in [-0.25, -0.2) is 4.79 Å². The first-order valence-corrected chi connectivity index (χ1v) is 6.84. The van der Waals surface area contributed by atoms with Crippen molar-refractivity contribution in [2.24, 2.45) is 0 Å². The summed E-state index contributed by atoms with van der Waals surface area (Å²) in [6.45, 7) is 2.19. The van der Waals surface area contributed by atoms with Crippen LogP contribution in [0.2, 0.25) is 0 Å². The highest BCUT2D eigenvalue weighted by molar-refractivity contribution is 5.97. The van der Waals surface area contributed by atoms with Crippen LogP contribution in [0.1, 0.15) is 41.6 Å². The van der Waals surface area contributed by atoms with Crippen LogP contribution in [-0.4, -0.2) is 39.6 Å². The average Bonchev–Trinajstić information content (AvgIpc) is 2.66. The van der Waals surface area contributed by atoms with E-state index in [1.807, 2.05) is 0 Å². The Bertz CT molecular complexity index is 527. The summed E-state index contributed by atoms with van der Waals surface area (Å²) in [5.74, 6) is -1.23. The van der Waals surface area contributed by atoms with E-state index in [2.05, 4.69) is 0 Å². The second-order valence-electron chi connectivity index (χ2n) is 5.20. The largest absolute Gasteiger partial charge is 0.508 e. The summed E-state index contributed by atoms with van der Waals surface area (Å²) in [5.41, 5.74) is 1.02. The monoisotopic (exact) mass is 277 g/mol. The summed E-state index contributed by atoms with van der Waals surface area (Å²) < 4.78 is 0. The quantitative estimate of drug-likeness (QED) is 0.868. The molecule has 2 N–H and O–H groups in total. The lowest BCUT2D eigenvalue weighted by Crippen LogP contribution is -2.44. The number of phenols is 1. The van der Waals surface area contributed by atoms with Gasteiger partial charge in [0.15, 0.2) is 0 Å². The molecule has 2 rings (SSSR count). The Kier molecular flexibility index (Phi) is 4.27. The molecular weight excluding hydrogens is 258 g/mol. The number of carboxylic acids is 1. The molecule has 1 aromatic carbocycles. The molecule has 1 aliphatic heterocycles. The van der Waals surface area contributed by atoms with Gasteiger partial charge in [0, 0.05) is 12.1 Å². The Balaban J connectivity index is 2.28. The molecule has 0 aromatic heterocycles. The van der Waals surface area contributed by atoms with E-state index in [1.54, 1.807) is 19.1 Å². The molecule has 5 heteroatoms. The number of aryl methyl sites for hydroxylation is 1. The lowest BCUT2D eigenvalue weighted by Gasteiger charge is -2.27. The van der Waals surface area contributed by atoms with Crippen LogP contribution in [0.15, 0.2) is 18.2 Å². The molecular formula is C15H19NO4. The number of likely N-dealkylation sites (tertiary alicyclic amines) is 1. The molecule has 20 heavy (non-hydrogen) atoms. The van der Waals surface area contributed by atoms with Crippen molar-refractivity contribution in [3.05, 3.63) is 29.3 Å². The minimum absolute atomic E-state index is 0.0533. The van der Waals surface area contributed by atoms with Gasteiger partial charge in [-0.15, -0.1) is 0 Å². The number of hydrogen-bond donors (Lipinski definition) is 2. The number of aromatic hydroxyl groups is 1. The van der Waals surface area contributed by atoms with Crippen LogP contribution in [0.25, 0.3) is 0 Å². The van der Waals surface area contributed by atoms with Gasteiger partial charge in [0.05, 0.1) is 0 Å². The Morgan fingerprint density at radius 3 is 2.65 bits per heavy atom. The molecule has 0 bridgehead atoms. The number of carbonyl (C=O) groups is 2. The van der Waals surface area contributed by atoms with Crippen LogP contribution in [0.3, 0.4) is 0 Å². The molecule has 1 heterocycles. The molecule has 1 saturated heterocycles. The third kappa shape index (κ3) is 2.92. The first kappa shape index (κ1) is 14.4. The summed E-state index contributed by atoms with van der Waals surface area (Å²) >= 11 is 0. The van der Waals surface area contributed by atoms with Crippen molar-refractivity contribution in [2.45, 2.75) is 38.6 Å². The first-order chi connectivity index (χ1) is 9.50. The van der Waals surface area contributed by atoms with Crippen LogP contribution in [0.5, 0.6) is 5.75 Å². The molecule has 1 amide bonds. The van der Waals surface area contributed by atoms with Crippen molar-refractivity contribution in [1.82, 2.24) is 4.90 Å². The van der Waals surface area contributed by atoms with E-state index in [1.165, 1.54) is 11.0 Å². The van der Waals surface area contributed by atoms with Crippen LogP contribution >= 0.6 is 0 Å². The van der Waals surface area contributed by atoms with Crippen LogP contribution < -0.4 is 0 Å². The molecule has 108 valence electrons. The number of nitrogens with zero attached hydrogens (tertiary/aromatic N) is 1. The molecule has 1 unspecified atom stereocenters. The number of phenolic OH excluding ortho intramolecular Hbond substituents is 1. The Hall–Kier alpha value is -2.04. The maximum Gasteiger partial charge on any atom is 0.326 e. The Morgan fingerprint density at radius 1 is 1.25 bits per heavy atom. The van der Waals surface area contributed by atoms with E-state index < -0.39 is 12.0 Å². The van der Waals surface area contributed by atoms with Gasteiger partial charge in [-0.05, 0) is 37.5 Å². The molecule has 1 aromatic rings. The van der Waals surface area contributed by atoms with E-state index in [9.17, 15) is 19.8 Å². The highest BCUT2D eigenvalue weighted by atomic mass is 16.4. The summed E-state index contributed by atoms with van der Waals surface area (Å²) in [5, 5.41) is 19.0. The fourth-order valence-electron chi connectivity index (χ4n) is 2.52. The first-order valence-electron chi connectivity index (χ1n) is 6.84. The minimum atomic E-state index is -0.961. The van der Waals surface area contributed by atoms with Gasteiger partial charge in [0.1, 0.15) is 11.8 Å². The van der Waals surface area contributed by atoms with Gasteiger partial charge in [-0.2, -0.15) is 0 Å². The minimum Gasteiger partial charge on any atom is -0.508 e. The maximum atomic E-state index is 12.5. The third-order valence-electron chi connectivity index (χ3n) is 3.75. The van der Waals surface area contributed by atoms with Gasteiger partial charge >= 0.3 is 5.97 Å². The molecule has 1 atom stereocenters. The predicted octanol–water partition coefficient (Wildman–Crippen LogP) is 2.17. The zero-order chi connectivity index (χ0) is 14.7.